The highest BCUT2D eigenvalue weighted by molar-refractivity contribution is 7.98. The van der Waals surface area contributed by atoms with Gasteiger partial charge in [0.05, 0.1) is 0 Å². The highest BCUT2D eigenvalue weighted by Gasteiger charge is 2.15. The van der Waals surface area contributed by atoms with E-state index < -0.39 is 0 Å². The standard InChI is InChI=1S/C14H20N2OS/c1-18-13-9-5-8-12(10-13)16-14(17)15-11-6-3-2-4-7-11/h5,8-11H,2-4,6-7H2,1H3,(H2,15,16,17). The Kier molecular flexibility index (Phi) is 4.93. The number of amides is 2. The summed E-state index contributed by atoms with van der Waals surface area (Å²) in [5.74, 6) is 0. The Labute approximate surface area is 113 Å². The molecule has 0 bridgehead atoms. The van der Waals surface area contributed by atoms with Gasteiger partial charge in [-0.15, -0.1) is 11.8 Å². The summed E-state index contributed by atoms with van der Waals surface area (Å²) in [6.45, 7) is 0. The molecule has 1 aliphatic carbocycles. The Hall–Kier alpha value is -1.16. The third-order valence-electron chi connectivity index (χ3n) is 3.27. The maximum atomic E-state index is 11.9. The number of urea groups is 1. The average molecular weight is 264 g/mol. The van der Waals surface area contributed by atoms with E-state index in [-0.39, 0.29) is 6.03 Å². The molecule has 18 heavy (non-hydrogen) atoms. The van der Waals surface area contributed by atoms with Crippen molar-refractivity contribution in [2.24, 2.45) is 0 Å². The molecule has 0 heterocycles. The van der Waals surface area contributed by atoms with Gasteiger partial charge in [-0.1, -0.05) is 25.3 Å². The van der Waals surface area contributed by atoms with Crippen molar-refractivity contribution in [2.75, 3.05) is 11.6 Å². The van der Waals surface area contributed by atoms with Gasteiger partial charge in [-0.2, -0.15) is 0 Å². The van der Waals surface area contributed by atoms with E-state index in [0.717, 1.165) is 23.4 Å². The maximum absolute atomic E-state index is 11.9. The van der Waals surface area contributed by atoms with Crippen molar-refractivity contribution in [3.05, 3.63) is 24.3 Å². The third kappa shape index (κ3) is 3.95. The SMILES string of the molecule is CSc1cccc(NC(=O)NC2CCCCC2)c1. The van der Waals surface area contributed by atoms with Crippen molar-refractivity contribution in [1.29, 1.82) is 0 Å². The number of hydrogen-bond acceptors (Lipinski definition) is 2. The molecule has 4 heteroatoms. The quantitative estimate of drug-likeness (QED) is 0.814. The first kappa shape index (κ1) is 13.3. The average Bonchev–Trinajstić information content (AvgIpc) is 2.40. The summed E-state index contributed by atoms with van der Waals surface area (Å²) in [4.78, 5) is 13.0. The minimum Gasteiger partial charge on any atom is -0.335 e. The van der Waals surface area contributed by atoms with Crippen LogP contribution in [0.25, 0.3) is 0 Å². The number of carbonyl (C=O) groups is 1. The molecule has 2 N–H and O–H groups in total. The van der Waals surface area contributed by atoms with Crippen molar-refractivity contribution in [3.63, 3.8) is 0 Å². The molecular formula is C14H20N2OS. The van der Waals surface area contributed by atoms with Crippen LogP contribution < -0.4 is 10.6 Å². The molecule has 2 amide bonds. The molecular weight excluding hydrogens is 244 g/mol. The molecule has 0 saturated heterocycles. The lowest BCUT2D eigenvalue weighted by molar-refractivity contribution is 0.244. The van der Waals surface area contributed by atoms with Gasteiger partial charge in [0.2, 0.25) is 0 Å². The zero-order valence-electron chi connectivity index (χ0n) is 10.7. The number of nitrogens with one attached hydrogen (secondary N) is 2. The number of carbonyl (C=O) groups excluding carboxylic acids is 1. The second-order valence-corrected chi connectivity index (χ2v) is 5.55. The molecule has 1 aromatic carbocycles. The van der Waals surface area contributed by atoms with Gasteiger partial charge in [0.15, 0.2) is 0 Å². The zero-order chi connectivity index (χ0) is 12.8. The van der Waals surface area contributed by atoms with Gasteiger partial charge < -0.3 is 10.6 Å². The van der Waals surface area contributed by atoms with E-state index in [2.05, 4.69) is 10.6 Å². The van der Waals surface area contributed by atoms with Gasteiger partial charge >= 0.3 is 6.03 Å². The Bertz CT molecular complexity index is 403. The normalized spacial score (nSPS) is 16.3. The summed E-state index contributed by atoms with van der Waals surface area (Å²) in [6.07, 6.45) is 8.01. The highest BCUT2D eigenvalue weighted by Crippen LogP contribution is 2.20. The van der Waals surface area contributed by atoms with Crippen LogP contribution in [0.15, 0.2) is 29.2 Å². The van der Waals surface area contributed by atoms with E-state index in [0.29, 0.717) is 6.04 Å². The Balaban J connectivity index is 1.85. The third-order valence-corrected chi connectivity index (χ3v) is 3.99. The van der Waals surface area contributed by atoms with Crippen LogP contribution in [0.3, 0.4) is 0 Å². The van der Waals surface area contributed by atoms with Gasteiger partial charge in [0.25, 0.3) is 0 Å². The smallest absolute Gasteiger partial charge is 0.319 e. The first-order valence-electron chi connectivity index (χ1n) is 6.49. The van der Waals surface area contributed by atoms with Gasteiger partial charge in [-0.25, -0.2) is 4.79 Å². The van der Waals surface area contributed by atoms with E-state index in [1.807, 2.05) is 30.5 Å². The van der Waals surface area contributed by atoms with E-state index in [4.69, 9.17) is 0 Å². The Morgan fingerprint density at radius 1 is 1.28 bits per heavy atom. The van der Waals surface area contributed by atoms with E-state index in [1.54, 1.807) is 11.8 Å². The van der Waals surface area contributed by atoms with Gasteiger partial charge in [0.1, 0.15) is 0 Å². The van der Waals surface area contributed by atoms with E-state index >= 15 is 0 Å². The van der Waals surface area contributed by atoms with Crippen molar-refractivity contribution >= 4 is 23.5 Å². The predicted octanol–water partition coefficient (Wildman–Crippen LogP) is 3.86. The molecule has 0 spiro atoms. The van der Waals surface area contributed by atoms with Crippen molar-refractivity contribution in [1.82, 2.24) is 5.32 Å². The fraction of sp³-hybridized carbons (Fsp3) is 0.500. The number of rotatable bonds is 3. The topological polar surface area (TPSA) is 41.1 Å². The van der Waals surface area contributed by atoms with Crippen LogP contribution in [0.5, 0.6) is 0 Å². The summed E-state index contributed by atoms with van der Waals surface area (Å²) < 4.78 is 0. The minimum absolute atomic E-state index is 0.0832. The van der Waals surface area contributed by atoms with Crippen molar-refractivity contribution < 1.29 is 4.79 Å². The van der Waals surface area contributed by atoms with Crippen molar-refractivity contribution in [3.8, 4) is 0 Å². The highest BCUT2D eigenvalue weighted by atomic mass is 32.2. The lowest BCUT2D eigenvalue weighted by atomic mass is 9.96. The van der Waals surface area contributed by atoms with Gasteiger partial charge in [0, 0.05) is 16.6 Å². The van der Waals surface area contributed by atoms with Crippen LogP contribution >= 0.6 is 11.8 Å². The number of hydrogen-bond donors (Lipinski definition) is 2. The van der Waals surface area contributed by atoms with Crippen LogP contribution in [-0.2, 0) is 0 Å². The molecule has 3 nitrogen and oxygen atoms in total. The molecule has 1 aliphatic rings. The van der Waals surface area contributed by atoms with Crippen molar-refractivity contribution in [2.45, 2.75) is 43.0 Å². The number of thioether (sulfide) groups is 1. The molecule has 0 aromatic heterocycles. The molecule has 0 aliphatic heterocycles. The van der Waals surface area contributed by atoms with E-state index in [1.165, 1.54) is 19.3 Å². The molecule has 98 valence electrons. The van der Waals surface area contributed by atoms with E-state index in [9.17, 15) is 4.79 Å². The monoisotopic (exact) mass is 264 g/mol. The minimum atomic E-state index is -0.0832. The van der Waals surface area contributed by atoms with Crippen LogP contribution in [0.4, 0.5) is 10.5 Å². The summed E-state index contributed by atoms with van der Waals surface area (Å²) in [5.41, 5.74) is 0.857. The van der Waals surface area contributed by atoms with Crippen LogP contribution in [0, 0.1) is 0 Å². The molecule has 1 aromatic rings. The fourth-order valence-electron chi connectivity index (χ4n) is 2.30. The number of anilines is 1. The van der Waals surface area contributed by atoms with Crippen LogP contribution in [-0.4, -0.2) is 18.3 Å². The first-order chi connectivity index (χ1) is 8.78. The molecule has 1 saturated carbocycles. The second-order valence-electron chi connectivity index (χ2n) is 4.67. The molecule has 0 unspecified atom stereocenters. The molecule has 1 fully saturated rings. The zero-order valence-corrected chi connectivity index (χ0v) is 11.6. The largest absolute Gasteiger partial charge is 0.335 e. The predicted molar refractivity (Wildman–Crippen MR) is 77.3 cm³/mol. The first-order valence-corrected chi connectivity index (χ1v) is 7.72. The molecule has 2 rings (SSSR count). The fourth-order valence-corrected chi connectivity index (χ4v) is 2.76. The Morgan fingerprint density at radius 3 is 2.78 bits per heavy atom. The summed E-state index contributed by atoms with van der Waals surface area (Å²) >= 11 is 1.67. The van der Waals surface area contributed by atoms with Crippen LogP contribution in [0.1, 0.15) is 32.1 Å². The lowest BCUT2D eigenvalue weighted by Crippen LogP contribution is -2.39. The molecule has 0 atom stereocenters. The summed E-state index contributed by atoms with van der Waals surface area (Å²) in [5, 5.41) is 5.95. The van der Waals surface area contributed by atoms with Gasteiger partial charge in [-0.05, 0) is 37.3 Å². The van der Waals surface area contributed by atoms with Crippen LogP contribution in [0.2, 0.25) is 0 Å². The van der Waals surface area contributed by atoms with Gasteiger partial charge in [-0.3, -0.25) is 0 Å². The summed E-state index contributed by atoms with van der Waals surface area (Å²) in [6, 6.07) is 8.17. The second kappa shape index (κ2) is 6.69. The number of benzene rings is 1. The molecule has 0 radical (unpaired) electrons. The Morgan fingerprint density at radius 2 is 2.06 bits per heavy atom. The maximum Gasteiger partial charge on any atom is 0.319 e. The summed E-state index contributed by atoms with van der Waals surface area (Å²) in [7, 11) is 0. The lowest BCUT2D eigenvalue weighted by Gasteiger charge is -2.22.